The highest BCUT2D eigenvalue weighted by atomic mass is 19.1. The van der Waals surface area contributed by atoms with Crippen molar-refractivity contribution in [2.75, 3.05) is 0 Å². The molecule has 1 aromatic carbocycles. The molecule has 15 heavy (non-hydrogen) atoms. The molecule has 0 heterocycles. The quantitative estimate of drug-likeness (QED) is 0.790. The summed E-state index contributed by atoms with van der Waals surface area (Å²) in [6, 6.07) is 7.25. The van der Waals surface area contributed by atoms with Crippen molar-refractivity contribution >= 4 is 0 Å². The SMILES string of the molecule is OC1(c2ccc(CF)cc2)CCCCC1. The van der Waals surface area contributed by atoms with Crippen LogP contribution in [-0.2, 0) is 12.3 Å². The molecule has 0 aromatic heterocycles. The van der Waals surface area contributed by atoms with Gasteiger partial charge in [-0.05, 0) is 24.0 Å². The average molecular weight is 208 g/mol. The number of hydrogen-bond acceptors (Lipinski definition) is 1. The molecule has 0 spiro atoms. The summed E-state index contributed by atoms with van der Waals surface area (Å²) in [6.45, 7) is -0.432. The first-order chi connectivity index (χ1) is 7.24. The van der Waals surface area contributed by atoms with E-state index in [9.17, 15) is 9.50 Å². The van der Waals surface area contributed by atoms with Gasteiger partial charge in [0.15, 0.2) is 0 Å². The Kier molecular flexibility index (Phi) is 3.06. The van der Waals surface area contributed by atoms with Crippen molar-refractivity contribution in [3.05, 3.63) is 35.4 Å². The van der Waals surface area contributed by atoms with Crippen LogP contribution in [0, 0.1) is 0 Å². The highest BCUT2D eigenvalue weighted by Crippen LogP contribution is 2.36. The Morgan fingerprint density at radius 1 is 1.07 bits per heavy atom. The zero-order valence-electron chi connectivity index (χ0n) is 8.88. The zero-order valence-corrected chi connectivity index (χ0v) is 8.88. The summed E-state index contributed by atoms with van der Waals surface area (Å²) in [5.41, 5.74) is 0.963. The Morgan fingerprint density at radius 2 is 1.67 bits per heavy atom. The molecule has 1 aliphatic rings. The minimum absolute atomic E-state index is 0.432. The van der Waals surface area contributed by atoms with Crippen LogP contribution < -0.4 is 0 Å². The molecule has 82 valence electrons. The molecular weight excluding hydrogens is 191 g/mol. The van der Waals surface area contributed by atoms with E-state index < -0.39 is 12.3 Å². The van der Waals surface area contributed by atoms with E-state index in [0.29, 0.717) is 5.56 Å². The van der Waals surface area contributed by atoms with Crippen LogP contribution in [0.15, 0.2) is 24.3 Å². The Hall–Kier alpha value is -0.890. The van der Waals surface area contributed by atoms with E-state index in [1.807, 2.05) is 12.1 Å². The minimum Gasteiger partial charge on any atom is -0.385 e. The molecule has 1 aromatic rings. The topological polar surface area (TPSA) is 20.2 Å². The molecule has 0 aliphatic heterocycles. The smallest absolute Gasteiger partial charge is 0.115 e. The predicted molar refractivity (Wildman–Crippen MR) is 58.2 cm³/mol. The zero-order chi connectivity index (χ0) is 10.7. The van der Waals surface area contributed by atoms with E-state index >= 15 is 0 Å². The van der Waals surface area contributed by atoms with Crippen LogP contribution in [0.1, 0.15) is 43.2 Å². The van der Waals surface area contributed by atoms with Crippen molar-refractivity contribution in [1.82, 2.24) is 0 Å². The van der Waals surface area contributed by atoms with Crippen molar-refractivity contribution in [2.45, 2.75) is 44.4 Å². The summed E-state index contributed by atoms with van der Waals surface area (Å²) in [5.74, 6) is 0. The fourth-order valence-corrected chi connectivity index (χ4v) is 2.33. The Labute approximate surface area is 89.9 Å². The van der Waals surface area contributed by atoms with E-state index in [0.717, 1.165) is 31.2 Å². The van der Waals surface area contributed by atoms with Gasteiger partial charge in [0.1, 0.15) is 6.67 Å². The largest absolute Gasteiger partial charge is 0.385 e. The van der Waals surface area contributed by atoms with Crippen LogP contribution in [0.5, 0.6) is 0 Å². The van der Waals surface area contributed by atoms with Crippen LogP contribution >= 0.6 is 0 Å². The van der Waals surface area contributed by atoms with E-state index in [1.54, 1.807) is 12.1 Å². The second kappa shape index (κ2) is 4.31. The van der Waals surface area contributed by atoms with Gasteiger partial charge in [0, 0.05) is 0 Å². The van der Waals surface area contributed by atoms with Gasteiger partial charge in [-0.15, -0.1) is 0 Å². The fourth-order valence-electron chi connectivity index (χ4n) is 2.33. The van der Waals surface area contributed by atoms with Gasteiger partial charge >= 0.3 is 0 Å². The molecule has 0 saturated heterocycles. The molecule has 0 unspecified atom stereocenters. The summed E-state index contributed by atoms with van der Waals surface area (Å²) in [4.78, 5) is 0. The van der Waals surface area contributed by atoms with Gasteiger partial charge in [-0.25, -0.2) is 4.39 Å². The van der Waals surface area contributed by atoms with E-state index in [-0.39, 0.29) is 0 Å². The molecule has 0 bridgehead atoms. The lowest BCUT2D eigenvalue weighted by Gasteiger charge is -2.32. The molecule has 1 N–H and O–H groups in total. The van der Waals surface area contributed by atoms with Crippen molar-refractivity contribution in [2.24, 2.45) is 0 Å². The van der Waals surface area contributed by atoms with Crippen LogP contribution in [0.25, 0.3) is 0 Å². The number of alkyl halides is 1. The fraction of sp³-hybridized carbons (Fsp3) is 0.538. The van der Waals surface area contributed by atoms with Crippen LogP contribution in [-0.4, -0.2) is 5.11 Å². The second-order valence-electron chi connectivity index (χ2n) is 4.42. The van der Waals surface area contributed by atoms with Gasteiger partial charge in [-0.3, -0.25) is 0 Å². The number of rotatable bonds is 2. The van der Waals surface area contributed by atoms with Crippen molar-refractivity contribution in [3.8, 4) is 0 Å². The summed E-state index contributed by atoms with van der Waals surface area (Å²) in [7, 11) is 0. The van der Waals surface area contributed by atoms with Crippen molar-refractivity contribution in [3.63, 3.8) is 0 Å². The predicted octanol–water partition coefficient (Wildman–Crippen LogP) is 3.31. The van der Waals surface area contributed by atoms with Crippen LogP contribution in [0.4, 0.5) is 4.39 Å². The second-order valence-corrected chi connectivity index (χ2v) is 4.42. The number of halogens is 1. The van der Waals surface area contributed by atoms with E-state index in [1.165, 1.54) is 6.42 Å². The Bertz CT molecular complexity index is 312. The Morgan fingerprint density at radius 3 is 2.20 bits per heavy atom. The molecular formula is C13H17FO. The number of hydrogen-bond donors (Lipinski definition) is 1. The molecule has 0 amide bonds. The maximum Gasteiger partial charge on any atom is 0.115 e. The highest BCUT2D eigenvalue weighted by molar-refractivity contribution is 5.27. The molecule has 1 fully saturated rings. The first-order valence-electron chi connectivity index (χ1n) is 5.62. The maximum atomic E-state index is 12.3. The molecule has 1 aliphatic carbocycles. The van der Waals surface area contributed by atoms with Gasteiger partial charge in [0.2, 0.25) is 0 Å². The monoisotopic (exact) mass is 208 g/mol. The first-order valence-corrected chi connectivity index (χ1v) is 5.62. The standard InChI is InChI=1S/C13H17FO/c14-10-11-4-6-12(7-5-11)13(15)8-2-1-3-9-13/h4-7,15H,1-3,8-10H2. The first kappa shape index (κ1) is 10.6. The summed E-state index contributed by atoms with van der Waals surface area (Å²) >= 11 is 0. The minimum atomic E-state index is -0.660. The number of benzene rings is 1. The Balaban J connectivity index is 2.20. The summed E-state index contributed by atoms with van der Waals surface area (Å²) in [6.07, 6.45) is 5.05. The lowest BCUT2D eigenvalue weighted by Crippen LogP contribution is -2.28. The third-order valence-corrected chi connectivity index (χ3v) is 3.33. The van der Waals surface area contributed by atoms with Gasteiger partial charge in [-0.2, -0.15) is 0 Å². The van der Waals surface area contributed by atoms with Crippen LogP contribution in [0.2, 0.25) is 0 Å². The maximum absolute atomic E-state index is 12.3. The molecule has 2 heteroatoms. The van der Waals surface area contributed by atoms with Gasteiger partial charge < -0.3 is 5.11 Å². The van der Waals surface area contributed by atoms with Gasteiger partial charge in [-0.1, -0.05) is 43.5 Å². The molecule has 1 saturated carbocycles. The van der Waals surface area contributed by atoms with Crippen LogP contribution in [0.3, 0.4) is 0 Å². The molecule has 0 radical (unpaired) electrons. The molecule has 1 nitrogen and oxygen atoms in total. The van der Waals surface area contributed by atoms with Gasteiger partial charge in [0.25, 0.3) is 0 Å². The normalized spacial score (nSPS) is 20.1. The molecule has 0 atom stereocenters. The number of aliphatic hydroxyl groups is 1. The van der Waals surface area contributed by atoms with E-state index in [2.05, 4.69) is 0 Å². The lowest BCUT2D eigenvalue weighted by molar-refractivity contribution is -0.000644. The lowest BCUT2D eigenvalue weighted by atomic mass is 9.79. The van der Waals surface area contributed by atoms with E-state index in [4.69, 9.17) is 0 Å². The van der Waals surface area contributed by atoms with Crippen molar-refractivity contribution in [1.29, 1.82) is 0 Å². The summed E-state index contributed by atoms with van der Waals surface area (Å²) in [5, 5.41) is 10.4. The third kappa shape index (κ3) is 2.20. The van der Waals surface area contributed by atoms with Gasteiger partial charge in [0.05, 0.1) is 5.60 Å². The van der Waals surface area contributed by atoms with Crippen molar-refractivity contribution < 1.29 is 9.50 Å². The molecule has 2 rings (SSSR count). The average Bonchev–Trinajstić information content (AvgIpc) is 2.30. The third-order valence-electron chi connectivity index (χ3n) is 3.33. The highest BCUT2D eigenvalue weighted by Gasteiger charge is 2.30. The summed E-state index contributed by atoms with van der Waals surface area (Å²) < 4.78 is 12.3.